The first-order chi connectivity index (χ1) is 5.97. The Bertz CT molecular complexity index is 245. The van der Waals surface area contributed by atoms with Crippen molar-refractivity contribution < 1.29 is 8.42 Å². The van der Waals surface area contributed by atoms with E-state index in [4.69, 9.17) is 0 Å². The molecule has 0 aromatic heterocycles. The highest BCUT2D eigenvalue weighted by atomic mass is 127. The summed E-state index contributed by atoms with van der Waals surface area (Å²) >= 11 is 1.52. The fourth-order valence-electron chi connectivity index (χ4n) is 1.52. The van der Waals surface area contributed by atoms with E-state index in [0.29, 0.717) is 12.3 Å². The molecule has 3 nitrogen and oxygen atoms in total. The van der Waals surface area contributed by atoms with Crippen molar-refractivity contribution in [2.75, 3.05) is 25.4 Å². The number of likely N-dealkylation sites (tertiary alicyclic amines) is 1. The maximum absolute atomic E-state index is 10.9. The molecule has 1 aliphatic heterocycles. The van der Waals surface area contributed by atoms with Crippen molar-refractivity contribution in [1.82, 2.24) is 4.90 Å². The molecule has 0 radical (unpaired) electrons. The van der Waals surface area contributed by atoms with Gasteiger partial charge in [0.05, 0.1) is 27.0 Å². The van der Waals surface area contributed by atoms with Crippen LogP contribution in [0.3, 0.4) is 0 Å². The van der Waals surface area contributed by atoms with Crippen molar-refractivity contribution in [3.8, 4) is 0 Å². The molecule has 0 aromatic rings. The number of nitrogens with zero attached hydrogens (tertiary/aromatic N) is 1. The minimum atomic E-state index is -2.81. The molecule has 1 aliphatic rings. The number of halogens is 1. The van der Waals surface area contributed by atoms with Gasteiger partial charge < -0.3 is 4.90 Å². The molecular formula is C8H16INO2S. The van der Waals surface area contributed by atoms with Crippen LogP contribution < -0.4 is 0 Å². The second-order valence-corrected chi connectivity index (χ2v) is 9.28. The van der Waals surface area contributed by atoms with Crippen LogP contribution in [-0.4, -0.2) is 38.7 Å². The Balaban J connectivity index is 2.24. The lowest BCUT2D eigenvalue weighted by Gasteiger charge is -2.29. The van der Waals surface area contributed by atoms with Crippen molar-refractivity contribution in [3.63, 3.8) is 0 Å². The molecule has 1 saturated heterocycles. The van der Waals surface area contributed by atoms with Gasteiger partial charge in [-0.05, 0) is 31.8 Å². The van der Waals surface area contributed by atoms with E-state index in [1.165, 1.54) is 34.0 Å². The van der Waals surface area contributed by atoms with Crippen LogP contribution in [0.1, 0.15) is 19.8 Å². The first-order valence-corrected chi connectivity index (χ1v) is 8.81. The zero-order valence-electron chi connectivity index (χ0n) is 7.87. The van der Waals surface area contributed by atoms with E-state index in [1.807, 2.05) is 0 Å². The summed E-state index contributed by atoms with van der Waals surface area (Å²) in [5.74, 6) is 1.11. The summed E-state index contributed by atoms with van der Waals surface area (Å²) in [6, 6.07) is 0. The van der Waals surface area contributed by atoms with Gasteiger partial charge in [-0.1, -0.05) is 6.92 Å². The van der Waals surface area contributed by atoms with Crippen LogP contribution in [0.5, 0.6) is 0 Å². The van der Waals surface area contributed by atoms with E-state index < -0.39 is 7.01 Å². The van der Waals surface area contributed by atoms with E-state index in [-0.39, 0.29) is 0 Å². The molecule has 0 bridgehead atoms. The van der Waals surface area contributed by atoms with Crippen molar-refractivity contribution in [1.29, 1.82) is 0 Å². The molecule has 0 aromatic carbocycles. The smallest absolute Gasteiger partial charge is 0.204 e. The van der Waals surface area contributed by atoms with Crippen molar-refractivity contribution in [3.05, 3.63) is 0 Å². The predicted molar refractivity (Wildman–Crippen MR) is 62.6 cm³/mol. The molecular weight excluding hydrogens is 301 g/mol. The first-order valence-electron chi connectivity index (χ1n) is 4.62. The lowest BCUT2D eigenvalue weighted by molar-refractivity contribution is 0.202. The Kier molecular flexibility index (Phi) is 4.44. The van der Waals surface area contributed by atoms with Gasteiger partial charge in [0, 0.05) is 6.54 Å². The standard InChI is InChI=1S/C8H16INO2S/c1-8-2-4-10(5-3-8)6-7-13(9,11)12/h8H,2-7H2,1H3. The van der Waals surface area contributed by atoms with E-state index in [2.05, 4.69) is 11.8 Å². The quantitative estimate of drug-likeness (QED) is 0.584. The molecule has 0 N–H and O–H groups in total. The number of piperidine rings is 1. The second kappa shape index (κ2) is 4.93. The molecule has 78 valence electrons. The lowest BCUT2D eigenvalue weighted by atomic mass is 9.99. The Morgan fingerprint density at radius 2 is 1.92 bits per heavy atom. The number of hydrogen-bond donors (Lipinski definition) is 0. The minimum Gasteiger partial charge on any atom is -0.302 e. The third-order valence-electron chi connectivity index (χ3n) is 2.53. The zero-order chi connectivity index (χ0) is 9.90. The third-order valence-corrected chi connectivity index (χ3v) is 4.52. The highest BCUT2D eigenvalue weighted by Gasteiger charge is 2.16. The molecule has 0 unspecified atom stereocenters. The maximum atomic E-state index is 10.9. The first kappa shape index (κ1) is 11.7. The SMILES string of the molecule is CC1CCN(CCS(=O)(=O)I)CC1. The van der Waals surface area contributed by atoms with Gasteiger partial charge in [0.1, 0.15) is 0 Å². The molecule has 0 atom stereocenters. The van der Waals surface area contributed by atoms with Gasteiger partial charge >= 0.3 is 0 Å². The van der Waals surface area contributed by atoms with Crippen molar-refractivity contribution >= 4 is 28.2 Å². The van der Waals surface area contributed by atoms with Crippen LogP contribution >= 0.6 is 21.2 Å². The maximum Gasteiger partial charge on any atom is 0.204 e. The number of hydrogen-bond acceptors (Lipinski definition) is 3. The average molecular weight is 317 g/mol. The monoisotopic (exact) mass is 317 g/mol. The summed E-state index contributed by atoms with van der Waals surface area (Å²) < 4.78 is 21.8. The molecule has 0 spiro atoms. The van der Waals surface area contributed by atoms with E-state index >= 15 is 0 Å². The average Bonchev–Trinajstić information content (AvgIpc) is 2.02. The summed E-state index contributed by atoms with van der Waals surface area (Å²) in [6.45, 7) is 5.09. The summed E-state index contributed by atoms with van der Waals surface area (Å²) in [4.78, 5) is 2.25. The molecule has 0 aliphatic carbocycles. The largest absolute Gasteiger partial charge is 0.302 e. The highest BCUT2D eigenvalue weighted by molar-refractivity contribution is 14.2. The van der Waals surface area contributed by atoms with E-state index in [9.17, 15) is 8.42 Å². The topological polar surface area (TPSA) is 37.4 Å². The summed E-state index contributed by atoms with van der Waals surface area (Å²) in [7, 11) is -2.81. The molecule has 13 heavy (non-hydrogen) atoms. The molecule has 5 heteroatoms. The van der Waals surface area contributed by atoms with Gasteiger partial charge in [0.15, 0.2) is 0 Å². The normalized spacial score (nSPS) is 22.0. The zero-order valence-corrected chi connectivity index (χ0v) is 10.8. The lowest BCUT2D eigenvalue weighted by Crippen LogP contribution is -2.35. The molecule has 0 amide bonds. The molecule has 0 saturated carbocycles. The van der Waals surface area contributed by atoms with Crippen LogP contribution in [0.25, 0.3) is 0 Å². The molecule has 1 rings (SSSR count). The molecule has 1 fully saturated rings. The predicted octanol–water partition coefficient (Wildman–Crippen LogP) is 1.48. The van der Waals surface area contributed by atoms with Gasteiger partial charge in [0.2, 0.25) is 7.01 Å². The highest BCUT2D eigenvalue weighted by Crippen LogP contribution is 2.16. The van der Waals surface area contributed by atoms with Crippen LogP contribution in [0.2, 0.25) is 0 Å². The summed E-state index contributed by atoms with van der Waals surface area (Å²) in [5.41, 5.74) is 0. The number of rotatable bonds is 3. The van der Waals surface area contributed by atoms with Crippen LogP contribution in [0.4, 0.5) is 0 Å². The van der Waals surface area contributed by atoms with Gasteiger partial charge in [0.25, 0.3) is 0 Å². The summed E-state index contributed by atoms with van der Waals surface area (Å²) in [5, 5.41) is 0. The van der Waals surface area contributed by atoms with Gasteiger partial charge in [-0.3, -0.25) is 0 Å². The van der Waals surface area contributed by atoms with Crippen molar-refractivity contribution in [2.45, 2.75) is 19.8 Å². The Hall–Kier alpha value is 0.640. The Morgan fingerprint density at radius 3 is 2.38 bits per heavy atom. The third kappa shape index (κ3) is 5.17. The van der Waals surface area contributed by atoms with Crippen LogP contribution in [0.15, 0.2) is 0 Å². The van der Waals surface area contributed by atoms with Gasteiger partial charge in [-0.25, -0.2) is 8.42 Å². The van der Waals surface area contributed by atoms with E-state index in [1.54, 1.807) is 0 Å². The Morgan fingerprint density at radius 1 is 1.38 bits per heavy atom. The van der Waals surface area contributed by atoms with Gasteiger partial charge in [-0.15, -0.1) is 0 Å². The minimum absolute atomic E-state index is 0.294. The van der Waals surface area contributed by atoms with Crippen molar-refractivity contribution in [2.24, 2.45) is 5.92 Å². The molecule has 1 heterocycles. The summed E-state index contributed by atoms with van der Waals surface area (Å²) in [6.07, 6.45) is 2.42. The van der Waals surface area contributed by atoms with E-state index in [0.717, 1.165) is 19.0 Å². The fourth-order valence-corrected chi connectivity index (χ4v) is 2.59. The van der Waals surface area contributed by atoms with Crippen LogP contribution in [0, 0.1) is 5.92 Å². The van der Waals surface area contributed by atoms with Gasteiger partial charge in [-0.2, -0.15) is 0 Å². The van der Waals surface area contributed by atoms with Crippen LogP contribution in [-0.2, 0) is 7.01 Å². The fraction of sp³-hybridized carbons (Fsp3) is 1.00. The Labute approximate surface area is 92.4 Å². The second-order valence-electron chi connectivity index (χ2n) is 3.77.